The van der Waals surface area contributed by atoms with Crippen LogP contribution in [0.15, 0.2) is 30.3 Å². The SMILES string of the molecule is C[C@H](NC(=O)C(=O)NC[C@@H]1COC2(CCCCC2)O1)c1ccccc1. The van der Waals surface area contributed by atoms with Crippen LogP contribution < -0.4 is 10.6 Å². The molecule has 2 aliphatic rings. The van der Waals surface area contributed by atoms with E-state index in [1.54, 1.807) is 0 Å². The summed E-state index contributed by atoms with van der Waals surface area (Å²) in [5, 5.41) is 5.35. The van der Waals surface area contributed by atoms with Crippen molar-refractivity contribution in [2.45, 2.75) is 57.0 Å². The third-order valence-electron chi connectivity index (χ3n) is 4.87. The molecule has 0 unspecified atom stereocenters. The fourth-order valence-corrected chi connectivity index (χ4v) is 3.44. The first-order valence-electron chi connectivity index (χ1n) is 9.03. The molecule has 6 heteroatoms. The van der Waals surface area contributed by atoms with Gasteiger partial charge in [0.1, 0.15) is 6.10 Å². The van der Waals surface area contributed by atoms with E-state index in [1.165, 1.54) is 6.42 Å². The lowest BCUT2D eigenvalue weighted by atomic mass is 9.94. The molecule has 1 aromatic rings. The second-order valence-electron chi connectivity index (χ2n) is 6.84. The molecule has 2 amide bonds. The van der Waals surface area contributed by atoms with Crippen molar-refractivity contribution in [1.82, 2.24) is 10.6 Å². The number of carbonyl (C=O) groups is 2. The highest BCUT2D eigenvalue weighted by molar-refractivity contribution is 6.35. The Bertz CT molecular complexity index is 599. The highest BCUT2D eigenvalue weighted by Gasteiger charge is 2.42. The van der Waals surface area contributed by atoms with E-state index in [1.807, 2.05) is 37.3 Å². The minimum atomic E-state index is -0.643. The van der Waals surface area contributed by atoms with Gasteiger partial charge in [0.2, 0.25) is 0 Å². The highest BCUT2D eigenvalue weighted by atomic mass is 16.7. The Balaban J connectivity index is 1.42. The van der Waals surface area contributed by atoms with Gasteiger partial charge < -0.3 is 20.1 Å². The van der Waals surface area contributed by atoms with E-state index in [0.717, 1.165) is 31.2 Å². The monoisotopic (exact) mass is 346 g/mol. The van der Waals surface area contributed by atoms with E-state index in [4.69, 9.17) is 9.47 Å². The molecule has 1 saturated heterocycles. The van der Waals surface area contributed by atoms with Crippen molar-refractivity contribution >= 4 is 11.8 Å². The minimum Gasteiger partial charge on any atom is -0.347 e. The molecular formula is C19H26N2O4. The normalized spacial score (nSPS) is 23.2. The summed E-state index contributed by atoms with van der Waals surface area (Å²) in [6, 6.07) is 9.31. The summed E-state index contributed by atoms with van der Waals surface area (Å²) in [5.74, 6) is -1.74. The molecule has 1 spiro atoms. The predicted molar refractivity (Wildman–Crippen MR) is 92.7 cm³/mol. The number of rotatable bonds is 4. The predicted octanol–water partition coefficient (Wildman–Crippen LogP) is 2.06. The Morgan fingerprint density at radius 3 is 2.60 bits per heavy atom. The molecule has 2 fully saturated rings. The fraction of sp³-hybridized carbons (Fsp3) is 0.579. The maximum Gasteiger partial charge on any atom is 0.309 e. The molecule has 3 rings (SSSR count). The maximum atomic E-state index is 12.0. The van der Waals surface area contributed by atoms with Crippen LogP contribution in [0.1, 0.15) is 50.6 Å². The van der Waals surface area contributed by atoms with Crippen LogP contribution in [0.2, 0.25) is 0 Å². The van der Waals surface area contributed by atoms with E-state index < -0.39 is 17.6 Å². The Morgan fingerprint density at radius 1 is 1.16 bits per heavy atom. The van der Waals surface area contributed by atoms with E-state index in [0.29, 0.717) is 6.61 Å². The van der Waals surface area contributed by atoms with Gasteiger partial charge in [-0.15, -0.1) is 0 Å². The van der Waals surface area contributed by atoms with Gasteiger partial charge in [-0.05, 0) is 25.3 Å². The van der Waals surface area contributed by atoms with Crippen LogP contribution >= 0.6 is 0 Å². The summed E-state index contributed by atoms with van der Waals surface area (Å²) in [5.41, 5.74) is 0.954. The van der Waals surface area contributed by atoms with Crippen LogP contribution in [-0.2, 0) is 19.1 Å². The van der Waals surface area contributed by atoms with Crippen LogP contribution in [0.5, 0.6) is 0 Å². The summed E-state index contributed by atoms with van der Waals surface area (Å²) in [6.07, 6.45) is 5.06. The largest absolute Gasteiger partial charge is 0.347 e. The van der Waals surface area contributed by atoms with Gasteiger partial charge in [0.25, 0.3) is 0 Å². The van der Waals surface area contributed by atoms with Crippen LogP contribution in [0.3, 0.4) is 0 Å². The van der Waals surface area contributed by atoms with E-state index >= 15 is 0 Å². The lowest BCUT2D eigenvalue weighted by Gasteiger charge is -2.31. The molecule has 136 valence electrons. The van der Waals surface area contributed by atoms with E-state index in [-0.39, 0.29) is 18.7 Å². The molecule has 0 aromatic heterocycles. The molecule has 1 aliphatic carbocycles. The van der Waals surface area contributed by atoms with Gasteiger partial charge in [-0.3, -0.25) is 9.59 Å². The molecule has 1 aromatic carbocycles. The molecule has 0 radical (unpaired) electrons. The number of ether oxygens (including phenoxy) is 2. The standard InChI is InChI=1S/C19H26N2O4/c1-14(15-8-4-2-5-9-15)21-18(23)17(22)20-12-16-13-24-19(25-16)10-6-3-7-11-19/h2,4-5,8-9,14,16H,3,6-7,10-13H2,1H3,(H,20,22)(H,21,23)/t14-,16+/m0/s1. The molecular weight excluding hydrogens is 320 g/mol. The van der Waals surface area contributed by atoms with Crippen molar-refractivity contribution in [1.29, 1.82) is 0 Å². The summed E-state index contributed by atoms with van der Waals surface area (Å²) < 4.78 is 11.8. The number of hydrogen-bond donors (Lipinski definition) is 2. The van der Waals surface area contributed by atoms with E-state index in [2.05, 4.69) is 10.6 Å². The molecule has 2 N–H and O–H groups in total. The average Bonchev–Trinajstić information content (AvgIpc) is 3.03. The second kappa shape index (κ2) is 7.97. The smallest absolute Gasteiger partial charge is 0.309 e. The average molecular weight is 346 g/mol. The summed E-state index contributed by atoms with van der Waals surface area (Å²) in [7, 11) is 0. The van der Waals surface area contributed by atoms with Gasteiger partial charge in [-0.25, -0.2) is 0 Å². The van der Waals surface area contributed by atoms with Crippen LogP contribution in [-0.4, -0.2) is 36.9 Å². The molecule has 1 aliphatic heterocycles. The molecule has 6 nitrogen and oxygen atoms in total. The summed E-state index contributed by atoms with van der Waals surface area (Å²) >= 11 is 0. The van der Waals surface area contributed by atoms with Crippen LogP contribution in [0.25, 0.3) is 0 Å². The fourth-order valence-electron chi connectivity index (χ4n) is 3.44. The zero-order valence-corrected chi connectivity index (χ0v) is 14.6. The lowest BCUT2D eigenvalue weighted by Crippen LogP contribution is -2.44. The van der Waals surface area contributed by atoms with Crippen molar-refractivity contribution in [3.63, 3.8) is 0 Å². The van der Waals surface area contributed by atoms with Gasteiger partial charge in [-0.1, -0.05) is 36.8 Å². The van der Waals surface area contributed by atoms with Gasteiger partial charge in [-0.2, -0.15) is 0 Å². The van der Waals surface area contributed by atoms with Gasteiger partial charge in [0.05, 0.1) is 12.6 Å². The number of amides is 2. The van der Waals surface area contributed by atoms with Crippen molar-refractivity contribution in [2.24, 2.45) is 0 Å². The topological polar surface area (TPSA) is 76.7 Å². The number of nitrogens with one attached hydrogen (secondary N) is 2. The summed E-state index contributed by atoms with van der Waals surface area (Å²) in [4.78, 5) is 24.0. The second-order valence-corrected chi connectivity index (χ2v) is 6.84. The highest BCUT2D eigenvalue weighted by Crippen LogP contribution is 2.37. The van der Waals surface area contributed by atoms with Gasteiger partial charge in [0.15, 0.2) is 5.79 Å². The van der Waals surface area contributed by atoms with Gasteiger partial charge >= 0.3 is 11.8 Å². The van der Waals surface area contributed by atoms with Gasteiger partial charge in [0, 0.05) is 19.4 Å². The maximum absolute atomic E-state index is 12.0. The van der Waals surface area contributed by atoms with Crippen molar-refractivity contribution in [2.75, 3.05) is 13.2 Å². The zero-order chi connectivity index (χ0) is 17.7. The quantitative estimate of drug-likeness (QED) is 0.818. The Kier molecular flexibility index (Phi) is 5.71. The molecule has 1 saturated carbocycles. The lowest BCUT2D eigenvalue weighted by molar-refractivity contribution is -0.186. The molecule has 2 atom stereocenters. The minimum absolute atomic E-state index is 0.193. The van der Waals surface area contributed by atoms with E-state index in [9.17, 15) is 9.59 Å². The van der Waals surface area contributed by atoms with Crippen molar-refractivity contribution in [3.05, 3.63) is 35.9 Å². The van der Waals surface area contributed by atoms with Crippen LogP contribution in [0.4, 0.5) is 0 Å². The number of carbonyl (C=O) groups excluding carboxylic acids is 2. The first-order chi connectivity index (χ1) is 12.1. The van der Waals surface area contributed by atoms with Crippen molar-refractivity contribution in [3.8, 4) is 0 Å². The number of benzene rings is 1. The zero-order valence-electron chi connectivity index (χ0n) is 14.6. The van der Waals surface area contributed by atoms with Crippen molar-refractivity contribution < 1.29 is 19.1 Å². The molecule has 25 heavy (non-hydrogen) atoms. The Labute approximate surface area is 148 Å². The first-order valence-corrected chi connectivity index (χ1v) is 9.03. The molecule has 1 heterocycles. The number of hydrogen-bond acceptors (Lipinski definition) is 4. The van der Waals surface area contributed by atoms with Crippen LogP contribution in [0, 0.1) is 0 Å². The molecule has 0 bridgehead atoms. The third-order valence-corrected chi connectivity index (χ3v) is 4.87. The summed E-state index contributed by atoms with van der Waals surface area (Å²) in [6.45, 7) is 2.59. The Morgan fingerprint density at radius 2 is 1.88 bits per heavy atom. The first kappa shape index (κ1) is 17.9. The third kappa shape index (κ3) is 4.58. The Hall–Kier alpha value is -1.92.